The number of nitrogens with zero attached hydrogens (tertiary/aromatic N) is 2. The first kappa shape index (κ1) is 19.3. The lowest BCUT2D eigenvalue weighted by atomic mass is 10.2. The van der Waals surface area contributed by atoms with Crippen molar-refractivity contribution in [1.29, 1.82) is 0 Å². The normalized spacial score (nSPS) is 11.7. The number of thioether (sulfide) groups is 1. The van der Waals surface area contributed by atoms with Crippen molar-refractivity contribution in [1.82, 2.24) is 4.57 Å². The molecule has 0 radical (unpaired) electrons. The van der Waals surface area contributed by atoms with Crippen LogP contribution in [0.15, 0.2) is 52.4 Å². The first-order valence-corrected chi connectivity index (χ1v) is 9.99. The lowest BCUT2D eigenvalue weighted by Crippen LogP contribution is -2.22. The summed E-state index contributed by atoms with van der Waals surface area (Å²) < 4.78 is 20.4. The van der Waals surface area contributed by atoms with Gasteiger partial charge in [-0.2, -0.15) is 4.99 Å². The maximum absolute atomic E-state index is 13.5. The van der Waals surface area contributed by atoms with Crippen molar-refractivity contribution >= 4 is 45.2 Å². The van der Waals surface area contributed by atoms with Crippen LogP contribution in [-0.2, 0) is 16.1 Å². The summed E-state index contributed by atoms with van der Waals surface area (Å²) in [4.78, 5) is 29.9. The highest BCUT2D eigenvalue weighted by molar-refractivity contribution is 7.99. The van der Waals surface area contributed by atoms with Crippen molar-refractivity contribution in [3.63, 3.8) is 0 Å². The lowest BCUT2D eigenvalue weighted by molar-refractivity contribution is -0.141. The number of benzene rings is 2. The summed E-state index contributed by atoms with van der Waals surface area (Å²) in [5.74, 6) is -0.345. The molecule has 1 amide bonds. The standard InChI is InChI=1S/C19H17FN2O3S2/c1-3-26-14-7-4-12(5-8-14)18(24)21-19-22(11-17(23)25-2)15-9-6-13(20)10-16(15)27-19/h4-10H,3,11H2,1-2H3. The number of carbonyl (C=O) groups excluding carboxylic acids is 2. The SMILES string of the molecule is CCSc1ccc(C(=O)N=c2sc3cc(F)ccc3n2CC(=O)OC)cc1. The van der Waals surface area contributed by atoms with Gasteiger partial charge in [0.1, 0.15) is 12.4 Å². The number of methoxy groups -OCH3 is 1. The highest BCUT2D eigenvalue weighted by Gasteiger charge is 2.13. The van der Waals surface area contributed by atoms with Crippen LogP contribution in [0.5, 0.6) is 0 Å². The van der Waals surface area contributed by atoms with Gasteiger partial charge in [0.2, 0.25) is 0 Å². The number of hydrogen-bond acceptors (Lipinski definition) is 5. The molecule has 140 valence electrons. The van der Waals surface area contributed by atoms with Gasteiger partial charge in [0.05, 0.1) is 17.3 Å². The fraction of sp³-hybridized carbons (Fsp3) is 0.211. The van der Waals surface area contributed by atoms with E-state index in [9.17, 15) is 14.0 Å². The Labute approximate surface area is 163 Å². The third kappa shape index (κ3) is 4.45. The lowest BCUT2D eigenvalue weighted by Gasteiger charge is -2.03. The van der Waals surface area contributed by atoms with Crippen LogP contribution in [0.2, 0.25) is 0 Å². The molecule has 8 heteroatoms. The van der Waals surface area contributed by atoms with E-state index in [0.717, 1.165) is 22.0 Å². The molecule has 0 saturated heterocycles. The molecule has 3 aromatic rings. The van der Waals surface area contributed by atoms with Crippen molar-refractivity contribution in [3.05, 3.63) is 58.6 Å². The molecular weight excluding hydrogens is 387 g/mol. The number of esters is 1. The number of rotatable bonds is 5. The minimum absolute atomic E-state index is 0.111. The minimum Gasteiger partial charge on any atom is -0.468 e. The molecule has 5 nitrogen and oxygen atoms in total. The second-order valence-electron chi connectivity index (χ2n) is 5.53. The summed E-state index contributed by atoms with van der Waals surface area (Å²) in [6.45, 7) is 1.95. The molecule has 0 aliphatic carbocycles. The minimum atomic E-state index is -0.478. The van der Waals surface area contributed by atoms with Crippen LogP contribution in [0.4, 0.5) is 4.39 Å². The molecule has 0 aliphatic rings. The van der Waals surface area contributed by atoms with E-state index in [1.807, 2.05) is 12.1 Å². The average Bonchev–Trinajstić information content (AvgIpc) is 2.98. The fourth-order valence-corrected chi connectivity index (χ4v) is 4.21. The number of thiazole rings is 1. The number of carbonyl (C=O) groups is 2. The second-order valence-corrected chi connectivity index (χ2v) is 7.88. The van der Waals surface area contributed by atoms with Gasteiger partial charge in [0.15, 0.2) is 4.80 Å². The number of ether oxygens (including phenoxy) is 1. The maximum atomic E-state index is 13.5. The molecule has 1 heterocycles. The van der Waals surface area contributed by atoms with Crippen molar-refractivity contribution in [2.24, 2.45) is 4.99 Å². The number of amides is 1. The van der Waals surface area contributed by atoms with Gasteiger partial charge in [-0.15, -0.1) is 11.8 Å². The molecule has 2 aromatic carbocycles. The highest BCUT2D eigenvalue weighted by atomic mass is 32.2. The molecule has 1 aromatic heterocycles. The molecule has 0 saturated carbocycles. The third-order valence-corrected chi connectivity index (χ3v) is 5.70. The van der Waals surface area contributed by atoms with E-state index < -0.39 is 17.7 Å². The summed E-state index contributed by atoms with van der Waals surface area (Å²) in [5.41, 5.74) is 1.07. The van der Waals surface area contributed by atoms with Crippen LogP contribution >= 0.6 is 23.1 Å². The zero-order valence-electron chi connectivity index (χ0n) is 14.8. The van der Waals surface area contributed by atoms with Gasteiger partial charge in [-0.1, -0.05) is 18.3 Å². The van der Waals surface area contributed by atoms with Gasteiger partial charge in [0.25, 0.3) is 5.91 Å². The third-order valence-electron chi connectivity index (χ3n) is 3.77. The van der Waals surface area contributed by atoms with Crippen molar-refractivity contribution in [3.8, 4) is 0 Å². The Morgan fingerprint density at radius 2 is 1.96 bits per heavy atom. The number of hydrogen-bond donors (Lipinski definition) is 0. The highest BCUT2D eigenvalue weighted by Crippen LogP contribution is 2.20. The number of aromatic nitrogens is 1. The summed E-state index contributed by atoms with van der Waals surface area (Å²) in [6.07, 6.45) is 0. The quantitative estimate of drug-likeness (QED) is 0.478. The van der Waals surface area contributed by atoms with Gasteiger partial charge in [0, 0.05) is 10.5 Å². The number of fused-ring (bicyclic) bond motifs is 1. The summed E-state index contributed by atoms with van der Waals surface area (Å²) >= 11 is 2.83. The Balaban J connectivity index is 2.04. The predicted molar refractivity (Wildman–Crippen MR) is 105 cm³/mol. The van der Waals surface area contributed by atoms with E-state index in [1.165, 1.54) is 19.2 Å². The zero-order valence-corrected chi connectivity index (χ0v) is 16.4. The molecule has 0 N–H and O–H groups in total. The predicted octanol–water partition coefficient (Wildman–Crippen LogP) is 3.87. The van der Waals surface area contributed by atoms with E-state index in [-0.39, 0.29) is 6.54 Å². The Hall–Kier alpha value is -2.45. The van der Waals surface area contributed by atoms with Gasteiger partial charge < -0.3 is 9.30 Å². The largest absolute Gasteiger partial charge is 0.468 e. The van der Waals surface area contributed by atoms with Crippen LogP contribution in [-0.4, -0.2) is 29.3 Å². The number of halogens is 1. The fourth-order valence-electron chi connectivity index (χ4n) is 2.49. The summed E-state index contributed by atoms with van der Waals surface area (Å²) in [6, 6.07) is 11.4. The van der Waals surface area contributed by atoms with Crippen LogP contribution in [0.1, 0.15) is 17.3 Å². The maximum Gasteiger partial charge on any atom is 0.325 e. The van der Waals surface area contributed by atoms with E-state index in [2.05, 4.69) is 11.9 Å². The van der Waals surface area contributed by atoms with Gasteiger partial charge >= 0.3 is 5.97 Å². The van der Waals surface area contributed by atoms with E-state index in [0.29, 0.717) is 20.6 Å². The van der Waals surface area contributed by atoms with Crippen molar-refractivity contribution < 1.29 is 18.7 Å². The smallest absolute Gasteiger partial charge is 0.325 e. The van der Waals surface area contributed by atoms with Crippen LogP contribution in [0.3, 0.4) is 0 Å². The van der Waals surface area contributed by atoms with E-state index >= 15 is 0 Å². The molecule has 0 aliphatic heterocycles. The zero-order chi connectivity index (χ0) is 19.4. The summed E-state index contributed by atoms with van der Waals surface area (Å²) in [7, 11) is 1.29. The van der Waals surface area contributed by atoms with Crippen molar-refractivity contribution in [2.45, 2.75) is 18.4 Å². The van der Waals surface area contributed by atoms with E-state index in [4.69, 9.17) is 4.74 Å². The Bertz CT molecular complexity index is 1050. The first-order chi connectivity index (χ1) is 13.0. The molecule has 0 bridgehead atoms. The monoisotopic (exact) mass is 404 g/mol. The Kier molecular flexibility index (Phi) is 6.08. The molecule has 3 rings (SSSR count). The van der Waals surface area contributed by atoms with Gasteiger partial charge in [-0.25, -0.2) is 4.39 Å². The molecular formula is C19H17FN2O3S2. The second kappa shape index (κ2) is 8.49. The Morgan fingerprint density at radius 3 is 2.63 bits per heavy atom. The average molecular weight is 404 g/mol. The topological polar surface area (TPSA) is 60.7 Å². The molecule has 0 fully saturated rings. The van der Waals surface area contributed by atoms with E-state index in [1.54, 1.807) is 34.5 Å². The molecule has 27 heavy (non-hydrogen) atoms. The van der Waals surface area contributed by atoms with Crippen molar-refractivity contribution in [2.75, 3.05) is 12.9 Å². The van der Waals surface area contributed by atoms with Crippen LogP contribution < -0.4 is 4.80 Å². The molecule has 0 unspecified atom stereocenters. The molecule has 0 atom stereocenters. The molecule has 0 spiro atoms. The Morgan fingerprint density at radius 1 is 1.22 bits per heavy atom. The van der Waals surface area contributed by atoms with Crippen LogP contribution in [0, 0.1) is 5.82 Å². The summed E-state index contributed by atoms with van der Waals surface area (Å²) in [5, 5.41) is 0. The van der Waals surface area contributed by atoms with Crippen LogP contribution in [0.25, 0.3) is 10.2 Å². The van der Waals surface area contributed by atoms with Gasteiger partial charge in [-0.05, 0) is 48.2 Å². The first-order valence-electron chi connectivity index (χ1n) is 8.19. The van der Waals surface area contributed by atoms with Gasteiger partial charge in [-0.3, -0.25) is 9.59 Å².